The Morgan fingerprint density at radius 2 is 0.387 bits per heavy atom. The average Bonchev–Trinajstić information content (AvgIpc) is 1.54. The van der Waals surface area contributed by atoms with Gasteiger partial charge < -0.3 is 13.7 Å². The summed E-state index contributed by atoms with van der Waals surface area (Å²) in [5, 5.41) is 12.3. The molecule has 0 atom stereocenters. The van der Waals surface area contributed by atoms with Crippen LogP contribution in [0.25, 0.3) is 267 Å². The highest BCUT2D eigenvalue weighted by atomic mass is 15.2. The topological polar surface area (TPSA) is 146 Å². The highest BCUT2D eigenvalue weighted by Gasteiger charge is 2.30. The Balaban J connectivity index is 0.000000116. The summed E-state index contributed by atoms with van der Waals surface area (Å²) in [7, 11) is 0. The molecule has 150 heavy (non-hydrogen) atoms. The van der Waals surface area contributed by atoms with Crippen LogP contribution < -0.4 is 0 Å². The van der Waals surface area contributed by atoms with Crippen molar-refractivity contribution >= 4 is 131 Å². The van der Waals surface area contributed by atoms with Gasteiger partial charge in [0, 0.05) is 115 Å². The molecule has 0 unspecified atom stereocenters. The van der Waals surface area contributed by atoms with E-state index < -0.39 is 18.1 Å². The van der Waals surface area contributed by atoms with Gasteiger partial charge in [0.25, 0.3) is 0 Å². The first kappa shape index (κ1) is 72.7. The van der Waals surface area contributed by atoms with Crippen LogP contribution in [0.2, 0.25) is 0 Å². The number of rotatable bonds is 15. The second-order valence-electron chi connectivity index (χ2n) is 36.3. The van der Waals surface area contributed by atoms with Crippen molar-refractivity contribution in [1.29, 1.82) is 0 Å². The quantitative estimate of drug-likeness (QED) is 0.0979. The summed E-state index contributed by atoms with van der Waals surface area (Å²) < 4.78 is 140. The molecule has 0 spiro atoms. The zero-order chi connectivity index (χ0) is 112. The molecule has 9 aromatic heterocycles. The molecule has 9 heterocycles. The summed E-state index contributed by atoms with van der Waals surface area (Å²) in [6, 6.07) is 139. The molecule has 702 valence electrons. The minimum Gasteiger partial charge on any atom is -0.307 e. The van der Waals surface area contributed by atoms with E-state index in [1.807, 2.05) is 322 Å². The van der Waals surface area contributed by atoms with E-state index in [-0.39, 0.29) is 89.2 Å². The van der Waals surface area contributed by atoms with Gasteiger partial charge in [-0.1, -0.05) is 461 Å². The molecular formula is C135H87N15. The van der Waals surface area contributed by atoms with E-state index in [1.165, 1.54) is 0 Å². The molecule has 0 radical (unpaired) electrons. The van der Waals surface area contributed by atoms with Gasteiger partial charge in [-0.05, 0) is 94.5 Å². The Bertz CT molecular complexity index is 11200. The number of para-hydroxylation sites is 7. The van der Waals surface area contributed by atoms with E-state index in [1.54, 1.807) is 6.07 Å². The predicted octanol–water partition coefficient (Wildman–Crippen LogP) is 33.2. The van der Waals surface area contributed by atoms with Crippen LogP contribution >= 0.6 is 0 Å². The molecule has 30 rings (SSSR count). The zero-order valence-corrected chi connectivity index (χ0v) is 79.8. The minimum absolute atomic E-state index is 0.137. The molecule has 0 saturated heterocycles. The Hall–Kier alpha value is -20.6. The van der Waals surface area contributed by atoms with Gasteiger partial charge in [-0.2, -0.15) is 29.9 Å². The molecule has 0 N–H and O–H groups in total. The smallest absolute Gasteiger partial charge is 0.238 e. The maximum atomic E-state index is 8.95. The Morgan fingerprint density at radius 1 is 0.147 bits per heavy atom. The fourth-order valence-electron chi connectivity index (χ4n) is 21.2. The SMILES string of the molecule is [2H]c1c([2H])c([2H])c(-c2ccc(-n3c4ccccc4c4ccc5c6ccccc6n(-c6nc(-c7ccccc7)nc(-c7ccccc7)n6)c5c43)cc2)c([2H])c1[2H].[2H]c1c([2H])c([2H])c(-c2cccc(-n3c4ccccc4c4ccc5c6ccccc6n(-c6nc(-c7ccccc7)nc(-c7ccccc7)n6)c5c43)c2)c([2H])c1[2H].[2H]c1c([2H])c([2H])c(-c2ccccc2-n2c3ccccc3c3ccc4c5ccccc5n(-c5nc(-c6ccccc6)nc(-c6ccccc6)n5)c4c32)c([2H])c1[2H]. The molecule has 0 aliphatic heterocycles. The Labute approximate surface area is 882 Å². The number of aromatic nitrogens is 15. The van der Waals surface area contributed by atoms with Gasteiger partial charge in [-0.15, -0.1) is 0 Å². The van der Waals surface area contributed by atoms with E-state index in [9.17, 15) is 0 Å². The third-order valence-corrected chi connectivity index (χ3v) is 27.8. The van der Waals surface area contributed by atoms with Gasteiger partial charge >= 0.3 is 0 Å². The van der Waals surface area contributed by atoms with Crippen LogP contribution in [0, 0.1) is 0 Å². The fraction of sp³-hybridized carbons (Fsp3) is 0. The highest BCUT2D eigenvalue weighted by Crippen LogP contribution is 2.48. The van der Waals surface area contributed by atoms with E-state index in [4.69, 9.17) is 65.4 Å². The second kappa shape index (κ2) is 37.0. The van der Waals surface area contributed by atoms with Crippen LogP contribution in [0.5, 0.6) is 0 Å². The van der Waals surface area contributed by atoms with Crippen molar-refractivity contribution < 1.29 is 20.6 Å². The van der Waals surface area contributed by atoms with Crippen molar-refractivity contribution in [3.8, 4) is 137 Å². The Kier molecular flexibility index (Phi) is 17.9. The summed E-state index contributed by atoms with van der Waals surface area (Å²) in [5.74, 6) is 4.70. The largest absolute Gasteiger partial charge is 0.307 e. The van der Waals surface area contributed by atoms with E-state index in [0.717, 1.165) is 176 Å². The van der Waals surface area contributed by atoms with Gasteiger partial charge in [0.15, 0.2) is 34.9 Å². The number of hydrogen-bond donors (Lipinski definition) is 0. The lowest BCUT2D eigenvalue weighted by Crippen LogP contribution is -2.07. The third-order valence-electron chi connectivity index (χ3n) is 27.8. The van der Waals surface area contributed by atoms with Crippen molar-refractivity contribution in [3.63, 3.8) is 0 Å². The van der Waals surface area contributed by atoms with Crippen LogP contribution in [0.3, 0.4) is 0 Å². The fourth-order valence-corrected chi connectivity index (χ4v) is 21.2. The maximum absolute atomic E-state index is 8.95. The molecule has 0 aliphatic carbocycles. The molecule has 0 amide bonds. The lowest BCUT2D eigenvalue weighted by Gasteiger charge is -2.16. The predicted molar refractivity (Wildman–Crippen MR) is 614 cm³/mol. The number of fused-ring (bicyclic) bond motifs is 21. The van der Waals surface area contributed by atoms with Crippen molar-refractivity contribution in [2.45, 2.75) is 0 Å². The van der Waals surface area contributed by atoms with Crippen LogP contribution in [0.1, 0.15) is 20.6 Å². The summed E-state index contributed by atoms with van der Waals surface area (Å²) in [6.45, 7) is 0. The van der Waals surface area contributed by atoms with Crippen molar-refractivity contribution in [3.05, 3.63) is 527 Å². The number of benzene rings is 21. The van der Waals surface area contributed by atoms with E-state index in [2.05, 4.69) is 137 Å². The van der Waals surface area contributed by atoms with Crippen LogP contribution in [-0.2, 0) is 0 Å². The third kappa shape index (κ3) is 15.1. The highest BCUT2D eigenvalue weighted by molar-refractivity contribution is 6.27. The van der Waals surface area contributed by atoms with Gasteiger partial charge in [0.2, 0.25) is 17.8 Å². The normalized spacial score (nSPS) is 13.0. The molecule has 0 bridgehead atoms. The summed E-state index contributed by atoms with van der Waals surface area (Å²) in [4.78, 5) is 45.9. The Morgan fingerprint density at radius 3 is 0.707 bits per heavy atom. The molecule has 0 saturated carbocycles. The molecule has 30 aromatic rings. The first-order chi connectivity index (χ1) is 80.7. The standard InChI is InChI=1S/3C45H29N5/c1-4-16-30(17-5-1)33-22-10-13-25-38(33)49-39-26-14-11-23-34(39)36-28-29-37-35-24-12-15-27-40(35)50(42(37)41(36)49)45-47-43(31-18-6-2-7-19-31)46-44(48-45)32-20-8-3-9-21-32;1-4-15-30(16-5-1)33-21-14-22-34(29-33)49-39-25-12-10-23-35(39)37-27-28-38-36-24-11-13-26-40(36)50(42(38)41(37)49)45-47-43(31-17-6-2-7-18-31)46-44(48-45)32-19-8-3-9-20-32;1-4-14-30(15-5-1)31-24-26-34(27-25-31)49-39-22-12-10-20-35(39)37-28-29-38-36-21-11-13-23-40(36)50(42(38)41(37)49)45-47-43(32-16-6-2-7-17-32)46-44(48-45)33-18-8-3-9-19-33/h3*1-29H/i1D,4D,5D,16D,17D;1D,4D,5D,15D,16D;1D,4D,5D,14D,15D. The lowest BCUT2D eigenvalue weighted by atomic mass is 10.0. The van der Waals surface area contributed by atoms with Crippen LogP contribution in [-0.4, -0.2) is 72.3 Å². The van der Waals surface area contributed by atoms with Gasteiger partial charge in [-0.25, -0.2) is 15.0 Å². The minimum atomic E-state index is -0.429. The molecule has 15 heteroatoms. The second-order valence-corrected chi connectivity index (χ2v) is 36.3. The first-order valence-electron chi connectivity index (χ1n) is 56.7. The molecular weight excluding hydrogens is 1830 g/mol. The van der Waals surface area contributed by atoms with Gasteiger partial charge in [0.1, 0.15) is 0 Å². The van der Waals surface area contributed by atoms with Gasteiger partial charge in [0.05, 0.1) is 92.4 Å². The molecule has 15 nitrogen and oxygen atoms in total. The molecule has 21 aromatic carbocycles. The van der Waals surface area contributed by atoms with Gasteiger partial charge in [-0.3, -0.25) is 13.7 Å². The first-order valence-corrected chi connectivity index (χ1v) is 49.2. The summed E-state index contributed by atoms with van der Waals surface area (Å²) in [5.41, 5.74) is 20.5. The average molecular weight is 1930 g/mol. The maximum Gasteiger partial charge on any atom is 0.238 e. The summed E-state index contributed by atoms with van der Waals surface area (Å²) >= 11 is 0. The summed E-state index contributed by atoms with van der Waals surface area (Å²) in [6.07, 6.45) is 0. The van der Waals surface area contributed by atoms with Crippen LogP contribution in [0.15, 0.2) is 527 Å². The molecule has 0 fully saturated rings. The van der Waals surface area contributed by atoms with Crippen molar-refractivity contribution in [2.24, 2.45) is 0 Å². The molecule has 0 aliphatic rings. The van der Waals surface area contributed by atoms with E-state index >= 15 is 0 Å². The monoisotopic (exact) mass is 1930 g/mol. The van der Waals surface area contributed by atoms with E-state index in [0.29, 0.717) is 75.2 Å². The lowest BCUT2D eigenvalue weighted by molar-refractivity contribution is 0.953. The number of hydrogen-bond acceptors (Lipinski definition) is 9. The van der Waals surface area contributed by atoms with Crippen molar-refractivity contribution in [2.75, 3.05) is 0 Å². The number of nitrogens with zero attached hydrogens (tertiary/aromatic N) is 15. The zero-order valence-electron chi connectivity index (χ0n) is 94.8. The van der Waals surface area contributed by atoms with Crippen molar-refractivity contribution in [1.82, 2.24) is 72.3 Å². The van der Waals surface area contributed by atoms with Crippen LogP contribution in [0.4, 0.5) is 0 Å².